The summed E-state index contributed by atoms with van der Waals surface area (Å²) in [5, 5.41) is 20.5. The van der Waals surface area contributed by atoms with Crippen molar-refractivity contribution < 1.29 is 10.1 Å². The van der Waals surface area contributed by atoms with Crippen LogP contribution >= 0.6 is 11.6 Å². The maximum atomic E-state index is 9.99. The third-order valence-electron chi connectivity index (χ3n) is 5.53. The molecule has 1 aliphatic carbocycles. The monoisotopic (exact) mass is 383 g/mol. The van der Waals surface area contributed by atoms with Crippen LogP contribution in [0.15, 0.2) is 36.5 Å². The number of fused-ring (bicyclic) bond motifs is 2. The maximum Gasteiger partial charge on any atom is 0.376 e. The highest BCUT2D eigenvalue weighted by Gasteiger charge is 2.33. The first kappa shape index (κ1) is 18.7. The minimum absolute atomic E-state index is 0.00934. The first-order chi connectivity index (χ1) is 13.1. The minimum Gasteiger partial charge on any atom is -0.437 e. The van der Waals surface area contributed by atoms with Crippen LogP contribution < -0.4 is 0 Å². The smallest absolute Gasteiger partial charge is 0.376 e. The maximum absolute atomic E-state index is 9.99. The second kappa shape index (κ2) is 7.74. The van der Waals surface area contributed by atoms with Crippen LogP contribution in [0.25, 0.3) is 11.6 Å². The van der Waals surface area contributed by atoms with Crippen molar-refractivity contribution in [2.75, 3.05) is 32.8 Å². The zero-order valence-corrected chi connectivity index (χ0v) is 16.1. The fourth-order valence-electron chi connectivity index (χ4n) is 4.11. The molecule has 2 aliphatic rings. The molecule has 1 atom stereocenters. The summed E-state index contributed by atoms with van der Waals surface area (Å²) in [5.74, 6) is 0. The van der Waals surface area contributed by atoms with E-state index < -0.39 is 7.05 Å². The van der Waals surface area contributed by atoms with Gasteiger partial charge in [0.1, 0.15) is 0 Å². The topological polar surface area (TPSA) is 59.8 Å². The first-order valence-electron chi connectivity index (χ1n) is 9.31. The van der Waals surface area contributed by atoms with Crippen LogP contribution in [0.3, 0.4) is 0 Å². The van der Waals surface area contributed by atoms with E-state index in [0.29, 0.717) is 5.02 Å². The number of hydrogen-bond donors (Lipinski definition) is 2. The Morgan fingerprint density at radius 3 is 2.70 bits per heavy atom. The van der Waals surface area contributed by atoms with E-state index in [9.17, 15) is 10.1 Å². The Kier molecular flexibility index (Phi) is 5.35. The van der Waals surface area contributed by atoms with Crippen LogP contribution in [0, 0.1) is 0 Å². The number of pyridine rings is 1. The lowest BCUT2D eigenvalue weighted by Crippen LogP contribution is -2.52. The van der Waals surface area contributed by atoms with Gasteiger partial charge in [0.25, 0.3) is 0 Å². The van der Waals surface area contributed by atoms with Gasteiger partial charge in [-0.05, 0) is 53.4 Å². The molecule has 5 nitrogen and oxygen atoms in total. The van der Waals surface area contributed by atoms with Gasteiger partial charge in [-0.1, -0.05) is 23.7 Å². The molecule has 2 N–H and O–H groups in total. The van der Waals surface area contributed by atoms with Crippen molar-refractivity contribution in [2.24, 2.45) is 0 Å². The fraction of sp³-hybridized carbons (Fsp3) is 0.350. The second-order valence-corrected chi connectivity index (χ2v) is 7.58. The largest absolute Gasteiger partial charge is 0.437 e. The van der Waals surface area contributed by atoms with Crippen LogP contribution in [0.4, 0.5) is 0 Å². The lowest BCUT2D eigenvalue weighted by molar-refractivity contribution is 0.144. The number of hydrogen-bond acceptors (Lipinski definition) is 5. The van der Waals surface area contributed by atoms with Gasteiger partial charge in [-0.3, -0.25) is 9.88 Å². The molecular formula is C20H23BClN3O2. The van der Waals surface area contributed by atoms with E-state index in [-0.39, 0.29) is 12.6 Å². The van der Waals surface area contributed by atoms with Gasteiger partial charge in [0.2, 0.25) is 0 Å². The number of aromatic nitrogens is 1. The van der Waals surface area contributed by atoms with E-state index in [1.165, 1.54) is 0 Å². The molecule has 1 aromatic carbocycles. The fourth-order valence-corrected chi connectivity index (χ4v) is 4.28. The van der Waals surface area contributed by atoms with Crippen molar-refractivity contribution in [3.8, 4) is 0 Å². The van der Waals surface area contributed by atoms with Crippen molar-refractivity contribution in [3.05, 3.63) is 63.9 Å². The number of rotatable bonds is 3. The van der Waals surface area contributed by atoms with Crippen LogP contribution in [-0.2, 0) is 0 Å². The summed E-state index contributed by atoms with van der Waals surface area (Å²) in [5.41, 5.74) is 4.97. The van der Waals surface area contributed by atoms with Gasteiger partial charge in [0.15, 0.2) is 0 Å². The predicted octanol–water partition coefficient (Wildman–Crippen LogP) is 2.40. The van der Waals surface area contributed by atoms with Gasteiger partial charge in [-0.25, -0.2) is 0 Å². The van der Waals surface area contributed by atoms with E-state index in [1.807, 2.05) is 43.4 Å². The van der Waals surface area contributed by atoms with Crippen molar-refractivity contribution in [3.63, 3.8) is 0 Å². The summed E-state index contributed by atoms with van der Waals surface area (Å²) < 4.78 is 0. The van der Waals surface area contributed by atoms with Crippen molar-refractivity contribution in [1.82, 2.24) is 14.7 Å². The highest BCUT2D eigenvalue weighted by atomic mass is 35.5. The quantitative estimate of drug-likeness (QED) is 0.797. The number of aliphatic hydroxyl groups excluding tert-OH is 1. The number of piperazine rings is 1. The number of halogens is 1. The van der Waals surface area contributed by atoms with Gasteiger partial charge in [0.05, 0.1) is 18.3 Å². The highest BCUT2D eigenvalue weighted by molar-refractivity contribution is 6.45. The third kappa shape index (κ3) is 3.56. The van der Waals surface area contributed by atoms with Crippen LogP contribution in [0.2, 0.25) is 11.8 Å². The first-order valence-corrected chi connectivity index (χ1v) is 9.68. The van der Waals surface area contributed by atoms with Crippen LogP contribution in [0.1, 0.15) is 28.4 Å². The summed E-state index contributed by atoms with van der Waals surface area (Å²) in [7, 11) is -0.430. The molecule has 1 unspecified atom stereocenters. The van der Waals surface area contributed by atoms with Crippen LogP contribution in [0.5, 0.6) is 0 Å². The van der Waals surface area contributed by atoms with Crippen molar-refractivity contribution in [2.45, 2.75) is 12.9 Å². The Hall–Kier alpha value is -1.70. The third-order valence-corrected chi connectivity index (χ3v) is 5.76. The van der Waals surface area contributed by atoms with Crippen molar-refractivity contribution in [1.29, 1.82) is 0 Å². The van der Waals surface area contributed by atoms with E-state index in [1.54, 1.807) is 0 Å². The number of benzene rings is 1. The molecule has 0 bridgehead atoms. The second-order valence-electron chi connectivity index (χ2n) is 7.14. The number of aliphatic hydroxyl groups is 1. The predicted molar refractivity (Wildman–Crippen MR) is 109 cm³/mol. The summed E-state index contributed by atoms with van der Waals surface area (Å²) in [6.07, 6.45) is 3.84. The number of nitrogens with zero attached hydrogens (tertiary/aromatic N) is 3. The van der Waals surface area contributed by atoms with E-state index in [2.05, 4.69) is 15.8 Å². The van der Waals surface area contributed by atoms with E-state index in [4.69, 9.17) is 16.6 Å². The molecule has 1 fully saturated rings. The normalized spacial score (nSPS) is 20.4. The van der Waals surface area contributed by atoms with E-state index in [0.717, 1.165) is 54.1 Å². The summed E-state index contributed by atoms with van der Waals surface area (Å²) in [6.45, 7) is 5.04. The molecule has 0 radical (unpaired) electrons. The SMILES string of the molecule is CB(O)N1CCN(C2c3ccc(Cl)cc3C(CO)=Cc3cccnc32)CC1. The van der Waals surface area contributed by atoms with Gasteiger partial charge in [0, 0.05) is 37.4 Å². The Morgan fingerprint density at radius 1 is 1.22 bits per heavy atom. The molecule has 4 rings (SSSR count). The van der Waals surface area contributed by atoms with Gasteiger partial charge in [-0.2, -0.15) is 0 Å². The summed E-state index contributed by atoms with van der Waals surface area (Å²) in [4.78, 5) is 9.20. The highest BCUT2D eigenvalue weighted by Crippen LogP contribution is 2.40. The van der Waals surface area contributed by atoms with Gasteiger partial charge >= 0.3 is 7.05 Å². The Bertz CT molecular complexity index is 866. The molecule has 1 aromatic heterocycles. The standard InChI is InChI=1S/C20H23BClN3O2/c1-21(27)25-9-7-24(8-10-25)20-17-5-4-16(22)12-18(17)15(13-26)11-14-3-2-6-23-19(14)20/h2-6,11-12,20,26-27H,7-10,13H2,1H3. The van der Waals surface area contributed by atoms with Gasteiger partial charge < -0.3 is 14.9 Å². The lowest BCUT2D eigenvalue weighted by atomic mass is 9.84. The Balaban J connectivity index is 1.81. The molecular weight excluding hydrogens is 361 g/mol. The summed E-state index contributed by atoms with van der Waals surface area (Å²) >= 11 is 6.28. The molecule has 27 heavy (non-hydrogen) atoms. The van der Waals surface area contributed by atoms with E-state index >= 15 is 0 Å². The molecule has 2 heterocycles. The average Bonchev–Trinajstić information content (AvgIpc) is 2.82. The van der Waals surface area contributed by atoms with Gasteiger partial charge in [-0.15, -0.1) is 0 Å². The zero-order valence-electron chi connectivity index (χ0n) is 15.3. The molecule has 0 spiro atoms. The molecule has 2 aromatic rings. The molecule has 0 saturated carbocycles. The zero-order chi connectivity index (χ0) is 19.0. The summed E-state index contributed by atoms with van der Waals surface area (Å²) in [6, 6.07) is 9.85. The minimum atomic E-state index is -0.430. The molecule has 1 saturated heterocycles. The molecule has 7 heteroatoms. The average molecular weight is 384 g/mol. The molecule has 140 valence electrons. The Labute approximate surface area is 165 Å². The lowest BCUT2D eigenvalue weighted by Gasteiger charge is -2.40. The van der Waals surface area contributed by atoms with Crippen LogP contribution in [-0.4, -0.2) is 64.7 Å². The van der Waals surface area contributed by atoms with Crippen molar-refractivity contribution >= 4 is 30.3 Å². The molecule has 0 amide bonds. The Morgan fingerprint density at radius 2 is 2.00 bits per heavy atom. The molecule has 1 aliphatic heterocycles.